The van der Waals surface area contributed by atoms with Crippen molar-refractivity contribution < 1.29 is 19.1 Å². The van der Waals surface area contributed by atoms with Crippen molar-refractivity contribution >= 4 is 12.0 Å². The maximum absolute atomic E-state index is 12.2. The topological polar surface area (TPSA) is 67.9 Å². The summed E-state index contributed by atoms with van der Waals surface area (Å²) in [6.07, 6.45) is 0.501. The van der Waals surface area contributed by atoms with Gasteiger partial charge in [-0.2, -0.15) is 0 Å². The van der Waals surface area contributed by atoms with Crippen LogP contribution in [0.3, 0.4) is 0 Å². The van der Waals surface area contributed by atoms with Crippen molar-refractivity contribution in [2.75, 3.05) is 19.7 Å². The van der Waals surface area contributed by atoms with Gasteiger partial charge in [0.25, 0.3) is 0 Å². The zero-order valence-electron chi connectivity index (χ0n) is 14.8. The zero-order valence-corrected chi connectivity index (χ0v) is 14.8. The summed E-state index contributed by atoms with van der Waals surface area (Å²) in [6, 6.07) is 5.89. The lowest BCUT2D eigenvalue weighted by Crippen LogP contribution is -2.39. The molecule has 0 bridgehead atoms. The molecule has 6 nitrogen and oxygen atoms in total. The van der Waals surface area contributed by atoms with Gasteiger partial charge in [-0.15, -0.1) is 0 Å². The summed E-state index contributed by atoms with van der Waals surface area (Å²) >= 11 is 0. The van der Waals surface area contributed by atoms with Gasteiger partial charge in [-0.25, -0.2) is 4.79 Å². The molecule has 6 heteroatoms. The van der Waals surface area contributed by atoms with Crippen LogP contribution in [0.25, 0.3) is 0 Å². The van der Waals surface area contributed by atoms with Crippen molar-refractivity contribution in [1.82, 2.24) is 10.2 Å². The molecule has 0 aromatic heterocycles. The van der Waals surface area contributed by atoms with Gasteiger partial charge in [0.2, 0.25) is 5.91 Å². The maximum Gasteiger partial charge on any atom is 0.410 e. The highest BCUT2D eigenvalue weighted by atomic mass is 16.6. The number of hydrogen-bond acceptors (Lipinski definition) is 4. The summed E-state index contributed by atoms with van der Waals surface area (Å²) in [4.78, 5) is 24.7. The van der Waals surface area contributed by atoms with Crippen LogP contribution >= 0.6 is 0 Å². The second kappa shape index (κ2) is 7.55. The summed E-state index contributed by atoms with van der Waals surface area (Å²) in [6.45, 7) is 9.19. The van der Waals surface area contributed by atoms with Crippen molar-refractivity contribution in [3.8, 4) is 5.75 Å². The first kappa shape index (κ1) is 18.1. The van der Waals surface area contributed by atoms with Gasteiger partial charge in [-0.05, 0) is 50.5 Å². The van der Waals surface area contributed by atoms with E-state index in [1.54, 1.807) is 4.90 Å². The lowest BCUT2D eigenvalue weighted by atomic mass is 10.00. The smallest absolute Gasteiger partial charge is 0.410 e. The Morgan fingerprint density at radius 2 is 2.00 bits per heavy atom. The zero-order chi connectivity index (χ0) is 17.7. The molecule has 0 aliphatic carbocycles. The van der Waals surface area contributed by atoms with Crippen molar-refractivity contribution in [1.29, 1.82) is 0 Å². The van der Waals surface area contributed by atoms with Crippen LogP contribution in [0.5, 0.6) is 5.75 Å². The van der Waals surface area contributed by atoms with Gasteiger partial charge < -0.3 is 19.7 Å². The van der Waals surface area contributed by atoms with E-state index in [4.69, 9.17) is 9.47 Å². The number of hydrogen-bond donors (Lipinski definition) is 1. The van der Waals surface area contributed by atoms with Crippen LogP contribution in [-0.2, 0) is 22.5 Å². The second-order valence-corrected chi connectivity index (χ2v) is 6.91. The van der Waals surface area contributed by atoms with Gasteiger partial charge in [0.15, 0.2) is 0 Å². The van der Waals surface area contributed by atoms with Crippen molar-refractivity contribution in [2.45, 2.75) is 46.3 Å². The van der Waals surface area contributed by atoms with E-state index in [1.807, 2.05) is 39.0 Å². The highest BCUT2D eigenvalue weighted by Gasteiger charge is 2.25. The third-order valence-electron chi connectivity index (χ3n) is 3.59. The molecular formula is C18H26N2O4. The number of ether oxygens (including phenoxy) is 2. The molecule has 2 rings (SSSR count). The minimum absolute atomic E-state index is 0.0636. The van der Waals surface area contributed by atoms with Gasteiger partial charge in [-0.1, -0.05) is 6.07 Å². The van der Waals surface area contributed by atoms with Crippen molar-refractivity contribution in [2.24, 2.45) is 0 Å². The average Bonchev–Trinajstić information content (AvgIpc) is 2.49. The summed E-state index contributed by atoms with van der Waals surface area (Å²) in [5, 5.41) is 2.69. The van der Waals surface area contributed by atoms with Crippen LogP contribution in [0.2, 0.25) is 0 Å². The molecule has 1 heterocycles. The molecule has 0 spiro atoms. The van der Waals surface area contributed by atoms with E-state index in [-0.39, 0.29) is 12.0 Å². The van der Waals surface area contributed by atoms with Gasteiger partial charge in [0.1, 0.15) is 18.0 Å². The number of carbonyl (C=O) groups excluding carboxylic acids is 2. The summed E-state index contributed by atoms with van der Waals surface area (Å²) in [7, 11) is 0. The first-order valence-corrected chi connectivity index (χ1v) is 8.21. The minimum atomic E-state index is -0.483. The molecule has 0 unspecified atom stereocenters. The van der Waals surface area contributed by atoms with E-state index in [2.05, 4.69) is 5.32 Å². The number of carbonyl (C=O) groups is 2. The molecule has 24 heavy (non-hydrogen) atoms. The van der Waals surface area contributed by atoms with E-state index in [0.717, 1.165) is 17.7 Å². The Morgan fingerprint density at radius 1 is 1.25 bits per heavy atom. The van der Waals surface area contributed by atoms with Gasteiger partial charge in [-0.3, -0.25) is 4.79 Å². The fourth-order valence-electron chi connectivity index (χ4n) is 2.50. The van der Waals surface area contributed by atoms with Crippen LogP contribution in [0.1, 0.15) is 38.8 Å². The Balaban J connectivity index is 1.91. The number of fused-ring (bicyclic) bond motifs is 1. The largest absolute Gasteiger partial charge is 0.492 e. The Kier molecular flexibility index (Phi) is 5.70. The highest BCUT2D eigenvalue weighted by molar-refractivity contribution is 5.72. The fourth-order valence-corrected chi connectivity index (χ4v) is 2.50. The van der Waals surface area contributed by atoms with Crippen molar-refractivity contribution in [3.05, 3.63) is 29.3 Å². The fraction of sp³-hybridized carbons (Fsp3) is 0.556. The first-order valence-electron chi connectivity index (χ1n) is 8.21. The average molecular weight is 334 g/mol. The van der Waals surface area contributed by atoms with Gasteiger partial charge >= 0.3 is 6.09 Å². The molecule has 0 saturated heterocycles. The lowest BCUT2D eigenvalue weighted by molar-refractivity contribution is -0.119. The first-order chi connectivity index (χ1) is 11.2. The van der Waals surface area contributed by atoms with Crippen LogP contribution in [-0.4, -0.2) is 42.2 Å². The molecule has 132 valence electrons. The third kappa shape index (κ3) is 5.44. The number of nitrogens with zero attached hydrogens (tertiary/aromatic N) is 1. The van der Waals surface area contributed by atoms with Crippen molar-refractivity contribution in [3.63, 3.8) is 0 Å². The highest BCUT2D eigenvalue weighted by Crippen LogP contribution is 2.25. The molecule has 0 atom stereocenters. The molecular weight excluding hydrogens is 308 g/mol. The molecule has 0 saturated carbocycles. The van der Waals surface area contributed by atoms with Gasteiger partial charge in [0.05, 0.1) is 6.54 Å². The number of rotatable bonds is 4. The quantitative estimate of drug-likeness (QED) is 0.859. The van der Waals surface area contributed by atoms with E-state index in [9.17, 15) is 9.59 Å². The van der Waals surface area contributed by atoms with E-state index >= 15 is 0 Å². The molecule has 2 amide bonds. The third-order valence-corrected chi connectivity index (χ3v) is 3.59. The molecule has 1 aliphatic heterocycles. The second-order valence-electron chi connectivity index (χ2n) is 6.91. The predicted molar refractivity (Wildman–Crippen MR) is 91.0 cm³/mol. The van der Waals surface area contributed by atoms with Crippen LogP contribution in [0, 0.1) is 0 Å². The summed E-state index contributed by atoms with van der Waals surface area (Å²) in [5.41, 5.74) is 1.82. The lowest BCUT2D eigenvalue weighted by Gasteiger charge is -2.31. The Bertz CT molecular complexity index is 608. The molecule has 1 aliphatic rings. The molecule has 1 aromatic rings. The van der Waals surface area contributed by atoms with E-state index < -0.39 is 5.60 Å². The number of benzene rings is 1. The SMILES string of the molecule is CC(=O)NCCOc1ccc2c(c1)CCN(C(=O)OC(C)(C)C)C2. The van der Waals surface area contributed by atoms with E-state index in [0.29, 0.717) is 26.2 Å². The van der Waals surface area contributed by atoms with Gasteiger partial charge in [0, 0.05) is 20.0 Å². The molecule has 1 N–H and O–H groups in total. The molecule has 1 aromatic carbocycles. The van der Waals surface area contributed by atoms with Crippen LogP contribution < -0.4 is 10.1 Å². The monoisotopic (exact) mass is 334 g/mol. The standard InChI is InChI=1S/C18H26N2O4/c1-13(21)19-8-10-23-16-6-5-15-12-20(9-7-14(15)11-16)17(22)24-18(2,3)4/h5-6,11H,7-10,12H2,1-4H3,(H,19,21). The normalized spacial score (nSPS) is 13.9. The predicted octanol–water partition coefficient (Wildman–Crippen LogP) is 2.49. The summed E-state index contributed by atoms with van der Waals surface area (Å²) in [5.74, 6) is 0.719. The Labute approximate surface area is 143 Å². The minimum Gasteiger partial charge on any atom is -0.492 e. The molecule has 0 radical (unpaired) electrons. The van der Waals surface area contributed by atoms with Crippen LogP contribution in [0.15, 0.2) is 18.2 Å². The summed E-state index contributed by atoms with van der Waals surface area (Å²) < 4.78 is 11.1. The number of amides is 2. The number of nitrogens with one attached hydrogen (secondary N) is 1. The maximum atomic E-state index is 12.2. The van der Waals surface area contributed by atoms with Crippen LogP contribution in [0.4, 0.5) is 4.79 Å². The Morgan fingerprint density at radius 3 is 2.67 bits per heavy atom. The Hall–Kier alpha value is -2.24. The molecule has 0 fully saturated rings. The van der Waals surface area contributed by atoms with E-state index in [1.165, 1.54) is 12.5 Å².